The van der Waals surface area contributed by atoms with Crippen molar-refractivity contribution < 1.29 is 4.74 Å². The lowest BCUT2D eigenvalue weighted by atomic mass is 10.1. The molecule has 0 bridgehead atoms. The van der Waals surface area contributed by atoms with E-state index in [-0.39, 0.29) is 0 Å². The molecule has 3 rings (SSSR count). The number of fused-ring (bicyclic) bond motifs is 3. The molecule has 0 radical (unpaired) electrons. The zero-order valence-electron chi connectivity index (χ0n) is 9.03. The molecule has 0 saturated heterocycles. The van der Waals surface area contributed by atoms with Crippen LogP contribution in [0, 0.1) is 6.92 Å². The van der Waals surface area contributed by atoms with Crippen LogP contribution in [-0.4, -0.2) is 16.0 Å². The molecule has 0 aliphatic carbocycles. The van der Waals surface area contributed by atoms with Crippen LogP contribution in [0.1, 0.15) is 29.8 Å². The third-order valence-electron chi connectivity index (χ3n) is 2.95. The Hall–Kier alpha value is -1.35. The van der Waals surface area contributed by atoms with Gasteiger partial charge in [0.1, 0.15) is 5.65 Å². The largest absolute Gasteiger partial charge is 0.374 e. The fraction of sp³-hybridized carbons (Fsp3) is 0.417. The van der Waals surface area contributed by atoms with E-state index in [9.17, 15) is 0 Å². The second-order valence-electron chi connectivity index (χ2n) is 4.29. The van der Waals surface area contributed by atoms with Crippen LogP contribution in [0.5, 0.6) is 0 Å². The van der Waals surface area contributed by atoms with Crippen LogP contribution in [0.2, 0.25) is 0 Å². The highest BCUT2D eigenvalue weighted by atomic mass is 16.5. The molecule has 2 aromatic heterocycles. The van der Waals surface area contributed by atoms with Crippen molar-refractivity contribution >= 4 is 5.65 Å². The number of pyridine rings is 1. The molecule has 3 heteroatoms. The molecule has 15 heavy (non-hydrogen) atoms. The van der Waals surface area contributed by atoms with E-state index in [1.165, 1.54) is 11.3 Å². The van der Waals surface area contributed by atoms with E-state index < -0.39 is 0 Å². The number of aryl methyl sites for hydroxylation is 1. The highest BCUT2D eigenvalue weighted by molar-refractivity contribution is 5.45. The summed E-state index contributed by atoms with van der Waals surface area (Å²) in [5.74, 6) is 0.436. The van der Waals surface area contributed by atoms with Crippen LogP contribution >= 0.6 is 0 Å². The predicted octanol–water partition coefficient (Wildman–Crippen LogP) is 2.28. The molecule has 0 N–H and O–H groups in total. The molecule has 1 aliphatic rings. The standard InChI is InChI=1S/C12H14N2O/c1-8-3-4-11-13-10-7-15-6-9(2)12(10)14(11)5-8/h3-5,9H,6-7H2,1-2H3. The summed E-state index contributed by atoms with van der Waals surface area (Å²) in [5.41, 5.74) is 4.71. The Morgan fingerprint density at radius 1 is 1.47 bits per heavy atom. The number of nitrogens with zero attached hydrogens (tertiary/aromatic N) is 2. The van der Waals surface area contributed by atoms with Crippen LogP contribution in [0.4, 0.5) is 0 Å². The van der Waals surface area contributed by atoms with Gasteiger partial charge in [-0.15, -0.1) is 0 Å². The highest BCUT2D eigenvalue weighted by Crippen LogP contribution is 2.27. The van der Waals surface area contributed by atoms with E-state index in [0.717, 1.165) is 17.9 Å². The first kappa shape index (κ1) is 8.92. The average Bonchev–Trinajstić information content (AvgIpc) is 2.57. The summed E-state index contributed by atoms with van der Waals surface area (Å²) >= 11 is 0. The van der Waals surface area contributed by atoms with E-state index in [0.29, 0.717) is 12.5 Å². The Morgan fingerprint density at radius 3 is 3.20 bits per heavy atom. The summed E-state index contributed by atoms with van der Waals surface area (Å²) in [6.07, 6.45) is 2.16. The van der Waals surface area contributed by atoms with Crippen molar-refractivity contribution in [1.82, 2.24) is 9.38 Å². The first-order valence-corrected chi connectivity index (χ1v) is 5.31. The molecule has 0 fully saturated rings. The number of imidazole rings is 1. The first-order chi connectivity index (χ1) is 7.25. The molecule has 1 aliphatic heterocycles. The van der Waals surface area contributed by atoms with Crippen molar-refractivity contribution in [2.45, 2.75) is 26.4 Å². The SMILES string of the molecule is Cc1ccc2nc3c(n2c1)C(C)COC3. The predicted molar refractivity (Wildman–Crippen MR) is 58.0 cm³/mol. The zero-order chi connectivity index (χ0) is 10.4. The molecule has 0 saturated carbocycles. The lowest BCUT2D eigenvalue weighted by molar-refractivity contribution is 0.0911. The monoisotopic (exact) mass is 202 g/mol. The Labute approximate surface area is 88.7 Å². The van der Waals surface area contributed by atoms with Gasteiger partial charge in [-0.1, -0.05) is 13.0 Å². The summed E-state index contributed by atoms with van der Waals surface area (Å²) in [6, 6.07) is 4.17. The fourth-order valence-corrected chi connectivity index (χ4v) is 2.26. The van der Waals surface area contributed by atoms with Gasteiger partial charge in [-0.25, -0.2) is 4.98 Å². The second kappa shape index (κ2) is 3.07. The summed E-state index contributed by atoms with van der Waals surface area (Å²) < 4.78 is 7.70. The van der Waals surface area contributed by atoms with Gasteiger partial charge in [0.15, 0.2) is 0 Å². The minimum atomic E-state index is 0.436. The quantitative estimate of drug-likeness (QED) is 0.655. The van der Waals surface area contributed by atoms with Crippen molar-refractivity contribution in [3.05, 3.63) is 35.3 Å². The van der Waals surface area contributed by atoms with Crippen LogP contribution in [0.25, 0.3) is 5.65 Å². The van der Waals surface area contributed by atoms with Gasteiger partial charge >= 0.3 is 0 Å². The molecular formula is C12H14N2O. The van der Waals surface area contributed by atoms with Crippen molar-refractivity contribution in [2.75, 3.05) is 6.61 Å². The van der Waals surface area contributed by atoms with Crippen LogP contribution in [-0.2, 0) is 11.3 Å². The maximum absolute atomic E-state index is 5.49. The van der Waals surface area contributed by atoms with E-state index in [2.05, 4.69) is 41.6 Å². The van der Waals surface area contributed by atoms with Gasteiger partial charge in [0.25, 0.3) is 0 Å². The number of aromatic nitrogens is 2. The maximum Gasteiger partial charge on any atom is 0.137 e. The molecule has 78 valence electrons. The lowest BCUT2D eigenvalue weighted by Gasteiger charge is -2.18. The van der Waals surface area contributed by atoms with Gasteiger partial charge in [-0.2, -0.15) is 0 Å². The van der Waals surface area contributed by atoms with Gasteiger partial charge in [0.05, 0.1) is 24.6 Å². The van der Waals surface area contributed by atoms with E-state index in [1.54, 1.807) is 0 Å². The zero-order valence-corrected chi connectivity index (χ0v) is 9.03. The van der Waals surface area contributed by atoms with Gasteiger partial charge in [-0.05, 0) is 18.6 Å². The first-order valence-electron chi connectivity index (χ1n) is 5.31. The summed E-state index contributed by atoms with van der Waals surface area (Å²) in [6.45, 7) is 5.75. The molecule has 0 spiro atoms. The number of hydrogen-bond donors (Lipinski definition) is 0. The normalized spacial score (nSPS) is 20.5. The number of ether oxygens (including phenoxy) is 1. The van der Waals surface area contributed by atoms with Crippen LogP contribution < -0.4 is 0 Å². The molecule has 2 aromatic rings. The molecular weight excluding hydrogens is 188 g/mol. The Bertz CT molecular complexity index is 516. The van der Waals surface area contributed by atoms with E-state index in [4.69, 9.17) is 4.74 Å². The Morgan fingerprint density at radius 2 is 2.33 bits per heavy atom. The van der Waals surface area contributed by atoms with Crippen LogP contribution in [0.15, 0.2) is 18.3 Å². The summed E-state index contributed by atoms with van der Waals surface area (Å²) in [5, 5.41) is 0. The summed E-state index contributed by atoms with van der Waals surface area (Å²) in [4.78, 5) is 4.58. The molecule has 3 heterocycles. The molecule has 1 atom stereocenters. The van der Waals surface area contributed by atoms with Gasteiger partial charge in [0.2, 0.25) is 0 Å². The highest BCUT2D eigenvalue weighted by Gasteiger charge is 2.22. The minimum Gasteiger partial charge on any atom is -0.374 e. The topological polar surface area (TPSA) is 26.5 Å². The molecule has 0 aromatic carbocycles. The molecule has 3 nitrogen and oxygen atoms in total. The minimum absolute atomic E-state index is 0.436. The smallest absolute Gasteiger partial charge is 0.137 e. The number of hydrogen-bond acceptors (Lipinski definition) is 2. The molecule has 0 amide bonds. The number of rotatable bonds is 0. The van der Waals surface area contributed by atoms with Crippen molar-refractivity contribution in [3.63, 3.8) is 0 Å². The molecule has 1 unspecified atom stereocenters. The summed E-state index contributed by atoms with van der Waals surface area (Å²) in [7, 11) is 0. The fourth-order valence-electron chi connectivity index (χ4n) is 2.26. The average molecular weight is 202 g/mol. The van der Waals surface area contributed by atoms with Gasteiger partial charge in [0, 0.05) is 12.1 Å². The van der Waals surface area contributed by atoms with Crippen LogP contribution in [0.3, 0.4) is 0 Å². The van der Waals surface area contributed by atoms with Gasteiger partial charge in [-0.3, -0.25) is 0 Å². The second-order valence-corrected chi connectivity index (χ2v) is 4.29. The van der Waals surface area contributed by atoms with E-state index >= 15 is 0 Å². The van der Waals surface area contributed by atoms with Crippen molar-refractivity contribution in [3.8, 4) is 0 Å². The van der Waals surface area contributed by atoms with Gasteiger partial charge < -0.3 is 9.14 Å². The Kier molecular flexibility index (Phi) is 1.83. The lowest BCUT2D eigenvalue weighted by Crippen LogP contribution is -2.15. The van der Waals surface area contributed by atoms with Crippen molar-refractivity contribution in [1.29, 1.82) is 0 Å². The third kappa shape index (κ3) is 1.27. The van der Waals surface area contributed by atoms with E-state index in [1.807, 2.05) is 0 Å². The van der Waals surface area contributed by atoms with Crippen molar-refractivity contribution in [2.24, 2.45) is 0 Å². The maximum atomic E-state index is 5.49. The Balaban J connectivity index is 2.33. The third-order valence-corrected chi connectivity index (χ3v) is 2.95.